The predicted octanol–water partition coefficient (Wildman–Crippen LogP) is 3.80. The number of hydrogen-bond acceptors (Lipinski definition) is 2. The Balaban J connectivity index is 2.12. The van der Waals surface area contributed by atoms with Crippen LogP contribution >= 0.6 is 0 Å². The summed E-state index contributed by atoms with van der Waals surface area (Å²) in [7, 11) is 0. The number of nitrogens with zero attached hydrogens (tertiary/aromatic N) is 2. The molecule has 3 nitrogen and oxygen atoms in total. The highest BCUT2D eigenvalue weighted by atomic mass is 19.4. The zero-order chi connectivity index (χ0) is 15.4. The molecular weight excluding hydrogens is 295 g/mol. The van der Waals surface area contributed by atoms with Crippen molar-refractivity contribution in [2.45, 2.75) is 62.8 Å². The summed E-state index contributed by atoms with van der Waals surface area (Å²) in [6, 6.07) is -0.362. The van der Waals surface area contributed by atoms with Crippen molar-refractivity contribution in [2.75, 3.05) is 0 Å². The SMILES string of the molecule is OC1c2c(C(F)(F)F)nn(C3CCCCC3)c2C(F)C1F. The first kappa shape index (κ1) is 14.7. The fraction of sp³-hybridized carbons (Fsp3) is 0.769. The zero-order valence-corrected chi connectivity index (χ0v) is 11.1. The maximum absolute atomic E-state index is 14.0. The van der Waals surface area contributed by atoms with Crippen LogP contribution in [-0.2, 0) is 6.18 Å². The molecule has 0 amide bonds. The van der Waals surface area contributed by atoms with E-state index >= 15 is 0 Å². The molecule has 1 aromatic rings. The van der Waals surface area contributed by atoms with Crippen molar-refractivity contribution in [1.29, 1.82) is 0 Å². The van der Waals surface area contributed by atoms with Crippen molar-refractivity contribution >= 4 is 0 Å². The van der Waals surface area contributed by atoms with Crippen LogP contribution in [0, 0.1) is 0 Å². The highest BCUT2D eigenvalue weighted by Crippen LogP contribution is 2.50. The van der Waals surface area contributed by atoms with Gasteiger partial charge in [-0.3, -0.25) is 4.68 Å². The predicted molar refractivity (Wildman–Crippen MR) is 63.1 cm³/mol. The normalized spacial score (nSPS) is 30.7. The molecule has 118 valence electrons. The van der Waals surface area contributed by atoms with Crippen molar-refractivity contribution in [1.82, 2.24) is 9.78 Å². The van der Waals surface area contributed by atoms with E-state index in [4.69, 9.17) is 0 Å². The van der Waals surface area contributed by atoms with Crippen molar-refractivity contribution in [3.05, 3.63) is 17.0 Å². The third-order valence-corrected chi connectivity index (χ3v) is 4.31. The van der Waals surface area contributed by atoms with E-state index in [9.17, 15) is 27.1 Å². The average molecular weight is 310 g/mol. The van der Waals surface area contributed by atoms with Crippen molar-refractivity contribution in [2.24, 2.45) is 0 Å². The van der Waals surface area contributed by atoms with Gasteiger partial charge in [-0.15, -0.1) is 0 Å². The Hall–Kier alpha value is -1.18. The Kier molecular flexibility index (Phi) is 3.46. The van der Waals surface area contributed by atoms with Gasteiger partial charge in [-0.25, -0.2) is 8.78 Å². The molecule has 3 rings (SSSR count). The lowest BCUT2D eigenvalue weighted by atomic mass is 9.95. The Bertz CT molecular complexity index is 535. The molecule has 1 N–H and O–H groups in total. The van der Waals surface area contributed by atoms with Gasteiger partial charge in [-0.05, 0) is 12.8 Å². The second kappa shape index (κ2) is 4.93. The minimum atomic E-state index is -4.84. The average Bonchev–Trinajstić information content (AvgIpc) is 2.94. The Morgan fingerprint density at radius 2 is 1.71 bits per heavy atom. The van der Waals surface area contributed by atoms with Gasteiger partial charge in [0.05, 0.1) is 11.7 Å². The zero-order valence-electron chi connectivity index (χ0n) is 11.1. The van der Waals surface area contributed by atoms with Crippen LogP contribution in [0.15, 0.2) is 0 Å². The molecule has 0 aromatic carbocycles. The Labute approximate surface area is 117 Å². The van der Waals surface area contributed by atoms with Crippen LogP contribution in [0.5, 0.6) is 0 Å². The highest BCUT2D eigenvalue weighted by Gasteiger charge is 2.52. The van der Waals surface area contributed by atoms with E-state index in [2.05, 4.69) is 5.10 Å². The molecule has 0 aliphatic heterocycles. The van der Waals surface area contributed by atoms with Crippen LogP contribution in [0.3, 0.4) is 0 Å². The maximum Gasteiger partial charge on any atom is 0.435 e. The minimum Gasteiger partial charge on any atom is -0.385 e. The largest absolute Gasteiger partial charge is 0.435 e. The quantitative estimate of drug-likeness (QED) is 0.801. The van der Waals surface area contributed by atoms with Crippen LogP contribution in [0.25, 0.3) is 0 Å². The van der Waals surface area contributed by atoms with Gasteiger partial charge in [0.25, 0.3) is 0 Å². The molecule has 2 aliphatic carbocycles. The van der Waals surface area contributed by atoms with E-state index in [0.717, 1.165) is 23.9 Å². The molecule has 0 saturated heterocycles. The van der Waals surface area contributed by atoms with Crippen LogP contribution < -0.4 is 0 Å². The van der Waals surface area contributed by atoms with Crippen molar-refractivity contribution in [3.8, 4) is 0 Å². The van der Waals surface area contributed by atoms with Crippen LogP contribution in [0.1, 0.15) is 67.4 Å². The number of rotatable bonds is 1. The molecule has 8 heteroatoms. The molecule has 1 fully saturated rings. The van der Waals surface area contributed by atoms with Crippen molar-refractivity contribution in [3.63, 3.8) is 0 Å². The number of fused-ring (bicyclic) bond motifs is 1. The highest BCUT2D eigenvalue weighted by molar-refractivity contribution is 5.39. The van der Waals surface area contributed by atoms with E-state index in [0.29, 0.717) is 12.8 Å². The standard InChI is InChI=1S/C13H15F5N2O/c14-8-9(15)11(21)7-10(8)20(6-4-2-1-3-5-6)19-12(7)13(16,17)18/h6,8-9,11,21H,1-5H2. The first-order valence-corrected chi connectivity index (χ1v) is 6.98. The third kappa shape index (κ3) is 2.23. The van der Waals surface area contributed by atoms with E-state index in [1.807, 2.05) is 0 Å². The van der Waals surface area contributed by atoms with Gasteiger partial charge >= 0.3 is 6.18 Å². The van der Waals surface area contributed by atoms with Gasteiger partial charge in [0.15, 0.2) is 18.0 Å². The van der Waals surface area contributed by atoms with E-state index in [1.54, 1.807) is 0 Å². The molecule has 0 bridgehead atoms. The fourth-order valence-electron chi connectivity index (χ4n) is 3.31. The van der Waals surface area contributed by atoms with Gasteiger partial charge in [0.1, 0.15) is 6.10 Å². The van der Waals surface area contributed by atoms with E-state index in [1.165, 1.54) is 0 Å². The number of alkyl halides is 5. The lowest BCUT2D eigenvalue weighted by molar-refractivity contribution is -0.143. The monoisotopic (exact) mass is 310 g/mol. The first-order chi connectivity index (χ1) is 9.82. The lowest BCUT2D eigenvalue weighted by Crippen LogP contribution is -2.21. The van der Waals surface area contributed by atoms with E-state index in [-0.39, 0.29) is 6.04 Å². The minimum absolute atomic E-state index is 0.362. The molecule has 3 atom stereocenters. The number of hydrogen-bond donors (Lipinski definition) is 1. The maximum atomic E-state index is 14.0. The second-order valence-corrected chi connectivity index (χ2v) is 5.67. The van der Waals surface area contributed by atoms with Gasteiger partial charge in [-0.1, -0.05) is 19.3 Å². The topological polar surface area (TPSA) is 38.1 Å². The van der Waals surface area contributed by atoms with Gasteiger partial charge in [0, 0.05) is 5.56 Å². The molecule has 1 saturated carbocycles. The summed E-state index contributed by atoms with van der Waals surface area (Å²) in [5, 5.41) is 13.1. The Morgan fingerprint density at radius 1 is 1.10 bits per heavy atom. The van der Waals surface area contributed by atoms with Gasteiger partial charge in [-0.2, -0.15) is 18.3 Å². The first-order valence-electron chi connectivity index (χ1n) is 6.98. The molecule has 1 heterocycles. The van der Waals surface area contributed by atoms with Crippen LogP contribution in [0.2, 0.25) is 0 Å². The third-order valence-electron chi connectivity index (χ3n) is 4.31. The van der Waals surface area contributed by atoms with E-state index < -0.39 is 41.6 Å². The second-order valence-electron chi connectivity index (χ2n) is 5.67. The smallest absolute Gasteiger partial charge is 0.385 e. The van der Waals surface area contributed by atoms with Gasteiger partial charge in [0.2, 0.25) is 0 Å². The molecule has 2 aliphatic rings. The van der Waals surface area contributed by atoms with Crippen molar-refractivity contribution < 1.29 is 27.1 Å². The molecule has 3 unspecified atom stereocenters. The summed E-state index contributed by atoms with van der Waals surface area (Å²) in [6.07, 6.45) is -7.79. The summed E-state index contributed by atoms with van der Waals surface area (Å²) < 4.78 is 67.7. The molecular formula is C13H15F5N2O. The summed E-state index contributed by atoms with van der Waals surface area (Å²) in [5.74, 6) is 0. The summed E-state index contributed by atoms with van der Waals surface area (Å²) in [5.41, 5.74) is -2.53. The summed E-state index contributed by atoms with van der Waals surface area (Å²) in [6.45, 7) is 0. The van der Waals surface area contributed by atoms with Gasteiger partial charge < -0.3 is 5.11 Å². The number of aromatic nitrogens is 2. The van der Waals surface area contributed by atoms with Crippen LogP contribution in [-0.4, -0.2) is 21.1 Å². The number of aliphatic hydroxyl groups is 1. The fourth-order valence-corrected chi connectivity index (χ4v) is 3.31. The molecule has 1 aromatic heterocycles. The number of aliphatic hydroxyl groups excluding tert-OH is 1. The summed E-state index contributed by atoms with van der Waals surface area (Å²) >= 11 is 0. The lowest BCUT2D eigenvalue weighted by Gasteiger charge is -2.24. The van der Waals surface area contributed by atoms with Crippen LogP contribution in [0.4, 0.5) is 22.0 Å². The molecule has 0 radical (unpaired) electrons. The summed E-state index contributed by atoms with van der Waals surface area (Å²) in [4.78, 5) is 0. The molecule has 0 spiro atoms. The molecule has 21 heavy (non-hydrogen) atoms. The Morgan fingerprint density at radius 3 is 2.29 bits per heavy atom. The number of halogens is 5.